The lowest BCUT2D eigenvalue weighted by molar-refractivity contribution is -0.175. The highest BCUT2D eigenvalue weighted by molar-refractivity contribution is 6.23. The van der Waals surface area contributed by atoms with E-state index in [0.717, 1.165) is 28.7 Å². The zero-order valence-electron chi connectivity index (χ0n) is 18.8. The Balaban J connectivity index is 1.49. The molecule has 172 valence electrons. The molecule has 2 aliphatic heterocycles. The summed E-state index contributed by atoms with van der Waals surface area (Å²) in [5.74, 6) is -2.15. The van der Waals surface area contributed by atoms with E-state index in [9.17, 15) is 14.4 Å². The highest BCUT2D eigenvalue weighted by Gasteiger charge is 2.60. The van der Waals surface area contributed by atoms with E-state index in [1.54, 1.807) is 12.1 Å². The SMILES string of the molecule is CCc1ccc(N2C(=O)C3ON(CC(N)=O)C(c4ccc(-c5ccccc5)cc4)C3C2=O)cc1. The number of anilines is 1. The minimum atomic E-state index is -1.00. The molecule has 3 unspecified atom stereocenters. The average molecular weight is 456 g/mol. The lowest BCUT2D eigenvalue weighted by Crippen LogP contribution is -2.40. The van der Waals surface area contributed by atoms with Crippen LogP contribution in [0.25, 0.3) is 11.1 Å². The molecular weight excluding hydrogens is 430 g/mol. The Morgan fingerprint density at radius 2 is 1.53 bits per heavy atom. The molecule has 0 radical (unpaired) electrons. The van der Waals surface area contributed by atoms with E-state index in [4.69, 9.17) is 10.6 Å². The van der Waals surface area contributed by atoms with Gasteiger partial charge in [-0.05, 0) is 40.8 Å². The van der Waals surface area contributed by atoms with Gasteiger partial charge in [-0.2, -0.15) is 5.06 Å². The minimum absolute atomic E-state index is 0.218. The average Bonchev–Trinajstić information content (AvgIpc) is 3.34. The summed E-state index contributed by atoms with van der Waals surface area (Å²) in [6, 6.07) is 24.4. The number of fused-ring (bicyclic) bond motifs is 1. The third-order valence-electron chi connectivity index (χ3n) is 6.47. The monoisotopic (exact) mass is 455 g/mol. The third-order valence-corrected chi connectivity index (χ3v) is 6.47. The van der Waals surface area contributed by atoms with Gasteiger partial charge in [0, 0.05) is 0 Å². The fraction of sp³-hybridized carbons (Fsp3) is 0.222. The summed E-state index contributed by atoms with van der Waals surface area (Å²) in [6.45, 7) is 1.82. The van der Waals surface area contributed by atoms with Crippen LogP contribution in [-0.4, -0.2) is 35.4 Å². The van der Waals surface area contributed by atoms with Crippen LogP contribution in [0.5, 0.6) is 0 Å². The van der Waals surface area contributed by atoms with Crippen molar-refractivity contribution in [1.29, 1.82) is 0 Å². The maximum Gasteiger partial charge on any atom is 0.265 e. The van der Waals surface area contributed by atoms with Gasteiger partial charge >= 0.3 is 0 Å². The van der Waals surface area contributed by atoms with Crippen LogP contribution in [-0.2, 0) is 25.6 Å². The van der Waals surface area contributed by atoms with Crippen molar-refractivity contribution in [3.63, 3.8) is 0 Å². The molecule has 3 aromatic carbocycles. The molecule has 0 spiro atoms. The zero-order chi connectivity index (χ0) is 23.8. The Labute approximate surface area is 197 Å². The molecule has 34 heavy (non-hydrogen) atoms. The lowest BCUT2D eigenvalue weighted by atomic mass is 9.90. The van der Waals surface area contributed by atoms with Crippen molar-refractivity contribution in [2.45, 2.75) is 25.5 Å². The summed E-state index contributed by atoms with van der Waals surface area (Å²) < 4.78 is 0. The van der Waals surface area contributed by atoms with Gasteiger partial charge in [-0.25, -0.2) is 4.90 Å². The molecule has 0 aliphatic carbocycles. The van der Waals surface area contributed by atoms with E-state index in [2.05, 4.69) is 0 Å². The molecule has 0 aromatic heterocycles. The number of carbonyl (C=O) groups excluding carboxylic acids is 3. The quantitative estimate of drug-likeness (QED) is 0.576. The van der Waals surface area contributed by atoms with Gasteiger partial charge in [0.05, 0.1) is 17.6 Å². The molecule has 2 N–H and O–H groups in total. The highest BCUT2D eigenvalue weighted by Crippen LogP contribution is 2.45. The van der Waals surface area contributed by atoms with Crippen molar-refractivity contribution in [3.05, 3.63) is 90.0 Å². The van der Waals surface area contributed by atoms with Crippen molar-refractivity contribution in [1.82, 2.24) is 5.06 Å². The molecule has 0 saturated carbocycles. The van der Waals surface area contributed by atoms with Crippen LogP contribution >= 0.6 is 0 Å². The number of hydrogen-bond donors (Lipinski definition) is 1. The van der Waals surface area contributed by atoms with E-state index in [1.807, 2.05) is 73.7 Å². The van der Waals surface area contributed by atoms with Crippen LogP contribution in [0.4, 0.5) is 5.69 Å². The van der Waals surface area contributed by atoms with E-state index in [0.29, 0.717) is 5.69 Å². The molecule has 5 rings (SSSR count). The van der Waals surface area contributed by atoms with Crippen LogP contribution in [0.1, 0.15) is 24.1 Å². The molecule has 2 fully saturated rings. The molecule has 2 heterocycles. The molecule has 3 atom stereocenters. The summed E-state index contributed by atoms with van der Waals surface area (Å²) in [4.78, 5) is 45.6. The number of primary amides is 1. The maximum atomic E-state index is 13.5. The molecule has 2 saturated heterocycles. The van der Waals surface area contributed by atoms with Gasteiger partial charge in [-0.15, -0.1) is 0 Å². The summed E-state index contributed by atoms with van der Waals surface area (Å²) >= 11 is 0. The number of nitrogens with two attached hydrogens (primary N) is 1. The topological polar surface area (TPSA) is 92.9 Å². The number of aryl methyl sites for hydroxylation is 1. The second-order valence-electron chi connectivity index (χ2n) is 8.56. The van der Waals surface area contributed by atoms with E-state index < -0.39 is 29.9 Å². The Morgan fingerprint density at radius 3 is 2.15 bits per heavy atom. The normalized spacial score (nSPS) is 22.3. The standard InChI is InChI=1S/C27H25N3O4/c1-2-17-8-14-21(15-9-17)30-26(32)23-24(29(16-22(28)31)34-25(23)27(30)33)20-12-10-19(11-13-20)18-6-4-3-5-7-18/h3-15,23-25H,2,16H2,1H3,(H2,28,31). The molecule has 3 amide bonds. The first kappa shape index (κ1) is 22.0. The van der Waals surface area contributed by atoms with Crippen molar-refractivity contribution in [2.24, 2.45) is 11.7 Å². The number of imide groups is 1. The molecule has 7 nitrogen and oxygen atoms in total. The van der Waals surface area contributed by atoms with Gasteiger partial charge in [-0.1, -0.05) is 73.7 Å². The molecule has 7 heteroatoms. The number of rotatable bonds is 6. The maximum absolute atomic E-state index is 13.5. The van der Waals surface area contributed by atoms with Gasteiger partial charge < -0.3 is 5.73 Å². The van der Waals surface area contributed by atoms with Gasteiger partial charge in [0.15, 0.2) is 6.10 Å². The summed E-state index contributed by atoms with van der Waals surface area (Å²) in [5, 5.41) is 1.38. The second kappa shape index (κ2) is 8.85. The zero-order valence-corrected chi connectivity index (χ0v) is 18.8. The summed E-state index contributed by atoms with van der Waals surface area (Å²) in [5.41, 5.74) is 9.93. The van der Waals surface area contributed by atoms with Gasteiger partial charge in [0.1, 0.15) is 6.54 Å². The van der Waals surface area contributed by atoms with Crippen LogP contribution in [0.15, 0.2) is 78.9 Å². The second-order valence-corrected chi connectivity index (χ2v) is 8.56. The van der Waals surface area contributed by atoms with Crippen molar-refractivity contribution in [2.75, 3.05) is 11.4 Å². The molecular formula is C27H25N3O4. The molecule has 0 bridgehead atoms. The number of hydroxylamine groups is 2. The number of carbonyl (C=O) groups is 3. The highest BCUT2D eigenvalue weighted by atomic mass is 16.7. The van der Waals surface area contributed by atoms with E-state index >= 15 is 0 Å². The van der Waals surface area contributed by atoms with Crippen molar-refractivity contribution >= 4 is 23.4 Å². The van der Waals surface area contributed by atoms with Crippen LogP contribution in [0, 0.1) is 5.92 Å². The van der Waals surface area contributed by atoms with Crippen molar-refractivity contribution in [3.8, 4) is 11.1 Å². The first-order valence-corrected chi connectivity index (χ1v) is 11.3. The predicted molar refractivity (Wildman–Crippen MR) is 127 cm³/mol. The Hall–Kier alpha value is -3.81. The lowest BCUT2D eigenvalue weighted by Gasteiger charge is -2.26. The van der Waals surface area contributed by atoms with Crippen LogP contribution < -0.4 is 10.6 Å². The largest absolute Gasteiger partial charge is 0.368 e. The minimum Gasteiger partial charge on any atom is -0.368 e. The fourth-order valence-corrected chi connectivity index (χ4v) is 4.77. The predicted octanol–water partition coefficient (Wildman–Crippen LogP) is 3.25. The van der Waals surface area contributed by atoms with Crippen molar-refractivity contribution < 1.29 is 19.2 Å². The first-order valence-electron chi connectivity index (χ1n) is 11.3. The number of hydrogen-bond acceptors (Lipinski definition) is 5. The molecule has 2 aliphatic rings. The third kappa shape index (κ3) is 3.79. The number of nitrogens with zero attached hydrogens (tertiary/aromatic N) is 2. The van der Waals surface area contributed by atoms with Gasteiger partial charge in [0.2, 0.25) is 11.8 Å². The van der Waals surface area contributed by atoms with E-state index in [-0.39, 0.29) is 12.5 Å². The van der Waals surface area contributed by atoms with Crippen LogP contribution in [0.2, 0.25) is 0 Å². The van der Waals surface area contributed by atoms with E-state index in [1.165, 1.54) is 9.96 Å². The van der Waals surface area contributed by atoms with Crippen LogP contribution in [0.3, 0.4) is 0 Å². The Bertz CT molecular complexity index is 1220. The summed E-state index contributed by atoms with van der Waals surface area (Å²) in [7, 11) is 0. The fourth-order valence-electron chi connectivity index (χ4n) is 4.77. The summed E-state index contributed by atoms with van der Waals surface area (Å²) in [6.07, 6.45) is -0.142. The smallest absolute Gasteiger partial charge is 0.265 e. The molecule has 3 aromatic rings. The Kier molecular flexibility index (Phi) is 5.73. The first-order chi connectivity index (χ1) is 16.5. The van der Waals surface area contributed by atoms with Gasteiger partial charge in [0.25, 0.3) is 5.91 Å². The number of amides is 3. The Morgan fingerprint density at radius 1 is 0.882 bits per heavy atom. The number of benzene rings is 3. The van der Waals surface area contributed by atoms with Gasteiger partial charge in [-0.3, -0.25) is 19.2 Å².